The molecule has 0 aliphatic rings. The topological polar surface area (TPSA) is 43.3 Å². The molecular weight excluding hydrogens is 162 g/mol. The van der Waals surface area contributed by atoms with Gasteiger partial charge in [-0.3, -0.25) is 0 Å². The lowest BCUT2D eigenvalue weighted by Gasteiger charge is -2.02. The second-order valence-electron chi connectivity index (χ2n) is 3.16. The Bertz CT molecular complexity index is 417. The van der Waals surface area contributed by atoms with Crippen molar-refractivity contribution < 1.29 is 0 Å². The largest absolute Gasteiger partial charge is 0.330 e. The summed E-state index contributed by atoms with van der Waals surface area (Å²) in [4.78, 5) is 4.26. The Balaban J connectivity index is 2.65. The fourth-order valence-corrected chi connectivity index (χ4v) is 1.65. The minimum absolute atomic E-state index is 0.685. The maximum atomic E-state index is 5.54. The molecule has 0 radical (unpaired) electrons. The van der Waals surface area contributed by atoms with Gasteiger partial charge >= 0.3 is 0 Å². The molecule has 0 amide bonds. The summed E-state index contributed by atoms with van der Waals surface area (Å²) in [6.07, 6.45) is 4.76. The van der Waals surface area contributed by atoms with Gasteiger partial charge in [-0.15, -0.1) is 0 Å². The second-order valence-corrected chi connectivity index (χ2v) is 3.16. The Hall–Kier alpha value is -1.35. The zero-order valence-electron chi connectivity index (χ0n) is 7.70. The van der Waals surface area contributed by atoms with E-state index in [2.05, 4.69) is 11.1 Å². The molecule has 2 aromatic rings. The molecule has 2 N–H and O–H groups in total. The van der Waals surface area contributed by atoms with Crippen LogP contribution in [0, 0.1) is 6.92 Å². The third kappa shape index (κ3) is 1.31. The highest BCUT2D eigenvalue weighted by molar-refractivity contribution is 5.58. The smallest absolute Gasteiger partial charge is 0.0995 e. The third-order valence-electron chi connectivity index (χ3n) is 2.24. The number of aromatic nitrogens is 2. The lowest BCUT2D eigenvalue weighted by molar-refractivity contribution is 0.964. The molecule has 0 saturated heterocycles. The van der Waals surface area contributed by atoms with Crippen LogP contribution in [0.15, 0.2) is 24.7 Å². The van der Waals surface area contributed by atoms with Gasteiger partial charge in [0.05, 0.1) is 17.5 Å². The maximum Gasteiger partial charge on any atom is 0.0995 e. The fourth-order valence-electron chi connectivity index (χ4n) is 1.65. The van der Waals surface area contributed by atoms with E-state index in [1.165, 1.54) is 11.1 Å². The number of hydrogen-bond donors (Lipinski definition) is 1. The first-order chi connectivity index (χ1) is 6.33. The highest BCUT2D eigenvalue weighted by atomic mass is 15.0. The van der Waals surface area contributed by atoms with Crippen molar-refractivity contribution in [2.45, 2.75) is 13.3 Å². The summed E-state index contributed by atoms with van der Waals surface area (Å²) in [6, 6.07) is 4.13. The van der Waals surface area contributed by atoms with Crippen LogP contribution in [-0.4, -0.2) is 15.9 Å². The molecule has 68 valence electrons. The SMILES string of the molecule is Cc1ncn2cccc(CCN)c12. The first kappa shape index (κ1) is 8.26. The van der Waals surface area contributed by atoms with Crippen molar-refractivity contribution in [3.05, 3.63) is 35.9 Å². The van der Waals surface area contributed by atoms with Crippen molar-refractivity contribution in [1.82, 2.24) is 9.38 Å². The Labute approximate surface area is 77.2 Å². The Morgan fingerprint density at radius 3 is 3.15 bits per heavy atom. The highest BCUT2D eigenvalue weighted by Crippen LogP contribution is 2.14. The average molecular weight is 175 g/mol. The molecule has 0 fully saturated rings. The van der Waals surface area contributed by atoms with Crippen LogP contribution in [0.1, 0.15) is 11.3 Å². The van der Waals surface area contributed by atoms with Gasteiger partial charge in [-0.05, 0) is 31.5 Å². The van der Waals surface area contributed by atoms with Crippen LogP contribution in [-0.2, 0) is 6.42 Å². The molecule has 3 heteroatoms. The fraction of sp³-hybridized carbons (Fsp3) is 0.300. The number of hydrogen-bond acceptors (Lipinski definition) is 2. The van der Waals surface area contributed by atoms with E-state index in [9.17, 15) is 0 Å². The summed E-state index contributed by atoms with van der Waals surface area (Å²) >= 11 is 0. The molecule has 0 saturated carbocycles. The normalized spacial score (nSPS) is 10.9. The van der Waals surface area contributed by atoms with Crippen LogP contribution in [0.4, 0.5) is 0 Å². The van der Waals surface area contributed by atoms with E-state index in [-0.39, 0.29) is 0 Å². The molecular formula is C10H13N3. The summed E-state index contributed by atoms with van der Waals surface area (Å²) in [6.45, 7) is 2.71. The van der Waals surface area contributed by atoms with Crippen molar-refractivity contribution in [2.75, 3.05) is 6.54 Å². The molecule has 0 bridgehead atoms. The molecule has 13 heavy (non-hydrogen) atoms. The highest BCUT2D eigenvalue weighted by Gasteiger charge is 2.03. The first-order valence-corrected chi connectivity index (χ1v) is 4.44. The number of nitrogens with two attached hydrogens (primary N) is 1. The quantitative estimate of drug-likeness (QED) is 0.744. The van der Waals surface area contributed by atoms with Crippen molar-refractivity contribution in [3.8, 4) is 0 Å². The molecule has 2 heterocycles. The molecule has 0 unspecified atom stereocenters. The summed E-state index contributed by atoms with van der Waals surface area (Å²) < 4.78 is 2.04. The predicted octanol–water partition coefficient (Wildman–Crippen LogP) is 1.14. The van der Waals surface area contributed by atoms with E-state index < -0.39 is 0 Å². The second kappa shape index (κ2) is 3.18. The number of nitrogens with zero attached hydrogens (tertiary/aromatic N) is 2. The van der Waals surface area contributed by atoms with Crippen molar-refractivity contribution in [1.29, 1.82) is 0 Å². The molecule has 3 nitrogen and oxygen atoms in total. The Morgan fingerprint density at radius 1 is 1.54 bits per heavy atom. The molecule has 0 spiro atoms. The molecule has 0 aliphatic carbocycles. The summed E-state index contributed by atoms with van der Waals surface area (Å²) in [5.41, 5.74) is 9.09. The molecule has 2 aromatic heterocycles. The molecule has 0 aliphatic heterocycles. The van der Waals surface area contributed by atoms with Crippen LogP contribution >= 0.6 is 0 Å². The standard InChI is InChI=1S/C10H13N3/c1-8-10-9(4-5-11)3-2-6-13(10)7-12-8/h2-3,6-7H,4-5,11H2,1H3. The van der Waals surface area contributed by atoms with Gasteiger partial charge < -0.3 is 10.1 Å². The molecule has 2 rings (SSSR count). The van der Waals surface area contributed by atoms with Gasteiger partial charge in [0.2, 0.25) is 0 Å². The Morgan fingerprint density at radius 2 is 2.38 bits per heavy atom. The van der Waals surface area contributed by atoms with E-state index >= 15 is 0 Å². The predicted molar refractivity (Wildman–Crippen MR) is 52.7 cm³/mol. The van der Waals surface area contributed by atoms with Crippen molar-refractivity contribution >= 4 is 5.52 Å². The van der Waals surface area contributed by atoms with E-state index in [1.807, 2.05) is 29.9 Å². The van der Waals surface area contributed by atoms with Crippen molar-refractivity contribution in [2.24, 2.45) is 5.73 Å². The average Bonchev–Trinajstić information content (AvgIpc) is 2.50. The summed E-state index contributed by atoms with van der Waals surface area (Å²) in [7, 11) is 0. The summed E-state index contributed by atoms with van der Waals surface area (Å²) in [5, 5.41) is 0. The maximum absolute atomic E-state index is 5.54. The molecule has 0 aromatic carbocycles. The zero-order valence-corrected chi connectivity index (χ0v) is 7.70. The van der Waals surface area contributed by atoms with Crippen molar-refractivity contribution in [3.63, 3.8) is 0 Å². The van der Waals surface area contributed by atoms with E-state index in [0.717, 1.165) is 12.1 Å². The lowest BCUT2D eigenvalue weighted by Crippen LogP contribution is -2.04. The van der Waals surface area contributed by atoms with Crippen LogP contribution in [0.3, 0.4) is 0 Å². The first-order valence-electron chi connectivity index (χ1n) is 4.44. The third-order valence-corrected chi connectivity index (χ3v) is 2.24. The monoisotopic (exact) mass is 175 g/mol. The van der Waals surface area contributed by atoms with Gasteiger partial charge in [0, 0.05) is 6.20 Å². The van der Waals surface area contributed by atoms with E-state index in [0.29, 0.717) is 6.54 Å². The summed E-state index contributed by atoms with van der Waals surface area (Å²) in [5.74, 6) is 0. The van der Waals surface area contributed by atoms with E-state index in [1.54, 1.807) is 0 Å². The van der Waals surface area contributed by atoms with Gasteiger partial charge in [0.25, 0.3) is 0 Å². The van der Waals surface area contributed by atoms with Gasteiger partial charge in [-0.1, -0.05) is 6.07 Å². The minimum Gasteiger partial charge on any atom is -0.330 e. The van der Waals surface area contributed by atoms with E-state index in [4.69, 9.17) is 5.73 Å². The molecule has 0 atom stereocenters. The Kier molecular flexibility index (Phi) is 2.02. The zero-order chi connectivity index (χ0) is 9.26. The van der Waals surface area contributed by atoms with Crippen LogP contribution < -0.4 is 5.73 Å². The number of aryl methyl sites for hydroxylation is 1. The van der Waals surface area contributed by atoms with Gasteiger partial charge in [0.1, 0.15) is 0 Å². The lowest BCUT2D eigenvalue weighted by atomic mass is 10.1. The minimum atomic E-state index is 0.685. The van der Waals surface area contributed by atoms with Crippen LogP contribution in [0.2, 0.25) is 0 Å². The van der Waals surface area contributed by atoms with Crippen LogP contribution in [0.25, 0.3) is 5.52 Å². The number of fused-ring (bicyclic) bond motifs is 1. The number of imidazole rings is 1. The van der Waals surface area contributed by atoms with Gasteiger partial charge in [0.15, 0.2) is 0 Å². The number of rotatable bonds is 2. The van der Waals surface area contributed by atoms with Gasteiger partial charge in [-0.25, -0.2) is 4.98 Å². The number of pyridine rings is 1. The van der Waals surface area contributed by atoms with Gasteiger partial charge in [-0.2, -0.15) is 0 Å². The van der Waals surface area contributed by atoms with Crippen LogP contribution in [0.5, 0.6) is 0 Å².